The van der Waals surface area contributed by atoms with Crippen LogP contribution in [0.1, 0.15) is 38.3 Å². The first-order valence-corrected chi connectivity index (χ1v) is 7.21. The van der Waals surface area contributed by atoms with E-state index in [4.69, 9.17) is 5.73 Å². The van der Waals surface area contributed by atoms with Crippen LogP contribution < -0.4 is 10.6 Å². The summed E-state index contributed by atoms with van der Waals surface area (Å²) in [5.41, 5.74) is 7.70. The minimum atomic E-state index is -0.505. The fourth-order valence-electron chi connectivity index (χ4n) is 2.29. The van der Waals surface area contributed by atoms with Crippen LogP contribution in [0.4, 0.5) is 5.69 Å². The van der Waals surface area contributed by atoms with E-state index in [1.165, 1.54) is 5.69 Å². The van der Waals surface area contributed by atoms with Crippen LogP contribution in [-0.4, -0.2) is 23.8 Å². The molecule has 0 bridgehead atoms. The molecule has 0 spiro atoms. The minimum absolute atomic E-state index is 0.0532. The molecule has 0 amide bonds. The van der Waals surface area contributed by atoms with E-state index in [1.807, 2.05) is 13.8 Å². The molecule has 1 aliphatic heterocycles. The van der Waals surface area contributed by atoms with E-state index >= 15 is 0 Å². The van der Waals surface area contributed by atoms with E-state index in [2.05, 4.69) is 39.0 Å². The summed E-state index contributed by atoms with van der Waals surface area (Å²) in [5, 5.41) is 9.97. The van der Waals surface area contributed by atoms with Gasteiger partial charge in [-0.25, -0.2) is 0 Å². The fraction of sp³-hybridized carbons (Fsp3) is 0.571. The Bertz CT molecular complexity index is 422. The topological polar surface area (TPSA) is 49.5 Å². The van der Waals surface area contributed by atoms with E-state index in [0.29, 0.717) is 0 Å². The maximum absolute atomic E-state index is 9.97. The minimum Gasteiger partial charge on any atom is -0.390 e. The third-order valence-electron chi connectivity index (χ3n) is 3.68. The zero-order valence-corrected chi connectivity index (χ0v) is 12.6. The van der Waals surface area contributed by atoms with Crippen LogP contribution in [0.3, 0.4) is 0 Å². The average Bonchev–Trinajstić information content (AvgIpc) is 2.29. The molecule has 1 atom stereocenters. The molecule has 1 aromatic carbocycles. The molecule has 18 heavy (non-hydrogen) atoms. The van der Waals surface area contributed by atoms with Gasteiger partial charge in [0.2, 0.25) is 0 Å². The summed E-state index contributed by atoms with van der Waals surface area (Å²) < 4.78 is 1.08. The highest BCUT2D eigenvalue weighted by Crippen LogP contribution is 2.32. The van der Waals surface area contributed by atoms with Gasteiger partial charge in [-0.05, 0) is 60.3 Å². The zero-order valence-electron chi connectivity index (χ0n) is 11.0. The number of piperidine rings is 1. The van der Waals surface area contributed by atoms with Crippen LogP contribution in [0.2, 0.25) is 0 Å². The first-order chi connectivity index (χ1) is 8.39. The Morgan fingerprint density at radius 3 is 2.50 bits per heavy atom. The first kappa shape index (κ1) is 13.8. The highest BCUT2D eigenvalue weighted by atomic mass is 79.9. The van der Waals surface area contributed by atoms with Crippen molar-refractivity contribution in [1.82, 2.24) is 0 Å². The van der Waals surface area contributed by atoms with Crippen molar-refractivity contribution in [3.63, 3.8) is 0 Å². The molecule has 0 saturated carbocycles. The molecule has 1 heterocycles. The van der Waals surface area contributed by atoms with Crippen LogP contribution in [0.5, 0.6) is 0 Å². The smallest absolute Gasteiger partial charge is 0.0653 e. The van der Waals surface area contributed by atoms with Crippen LogP contribution in [0, 0.1) is 0 Å². The van der Waals surface area contributed by atoms with Gasteiger partial charge >= 0.3 is 0 Å². The van der Waals surface area contributed by atoms with Crippen LogP contribution in [-0.2, 0) is 0 Å². The van der Waals surface area contributed by atoms with E-state index in [1.54, 1.807) is 0 Å². The summed E-state index contributed by atoms with van der Waals surface area (Å²) in [7, 11) is 0. The monoisotopic (exact) mass is 312 g/mol. The van der Waals surface area contributed by atoms with Crippen molar-refractivity contribution >= 4 is 21.6 Å². The molecule has 0 aromatic heterocycles. The second-order valence-corrected chi connectivity index (χ2v) is 6.34. The molecular formula is C14H21BrN2O. The third-order valence-corrected chi connectivity index (χ3v) is 4.31. The summed E-state index contributed by atoms with van der Waals surface area (Å²) in [4.78, 5) is 2.31. The predicted molar refractivity (Wildman–Crippen MR) is 78.8 cm³/mol. The van der Waals surface area contributed by atoms with Crippen molar-refractivity contribution in [1.29, 1.82) is 0 Å². The molecule has 1 fully saturated rings. The standard InChI is InChI=1S/C14H21BrN2O/c1-10(16)11-3-4-13(12(15)9-11)17-7-5-14(2,18)6-8-17/h3-4,9-10,18H,5-8,16H2,1-2H3. The van der Waals surface area contributed by atoms with Gasteiger partial charge < -0.3 is 15.7 Å². The molecule has 4 heteroatoms. The van der Waals surface area contributed by atoms with Gasteiger partial charge in [0.1, 0.15) is 0 Å². The van der Waals surface area contributed by atoms with Crippen molar-refractivity contribution in [3.05, 3.63) is 28.2 Å². The lowest BCUT2D eigenvalue weighted by atomic mass is 9.93. The fourth-order valence-corrected chi connectivity index (χ4v) is 2.94. The predicted octanol–water partition coefficient (Wildman–Crippen LogP) is 2.82. The molecule has 1 unspecified atom stereocenters. The first-order valence-electron chi connectivity index (χ1n) is 6.41. The lowest BCUT2D eigenvalue weighted by Crippen LogP contribution is -2.42. The molecule has 0 aliphatic carbocycles. The molecule has 2 rings (SSSR count). The highest BCUT2D eigenvalue weighted by molar-refractivity contribution is 9.10. The molecule has 100 valence electrons. The van der Waals surface area contributed by atoms with E-state index in [0.717, 1.165) is 36.0 Å². The quantitative estimate of drug-likeness (QED) is 0.883. The van der Waals surface area contributed by atoms with Crippen LogP contribution >= 0.6 is 15.9 Å². The maximum atomic E-state index is 9.97. The lowest BCUT2D eigenvalue weighted by molar-refractivity contribution is 0.0351. The largest absolute Gasteiger partial charge is 0.390 e. The molecule has 3 N–H and O–H groups in total. The van der Waals surface area contributed by atoms with E-state index in [-0.39, 0.29) is 6.04 Å². The van der Waals surface area contributed by atoms with Gasteiger partial charge in [0.15, 0.2) is 0 Å². The zero-order chi connectivity index (χ0) is 13.3. The number of hydrogen-bond donors (Lipinski definition) is 2. The van der Waals surface area contributed by atoms with Crippen LogP contribution in [0.25, 0.3) is 0 Å². The Balaban J connectivity index is 2.15. The van der Waals surface area contributed by atoms with Crippen molar-refractivity contribution in [2.45, 2.75) is 38.3 Å². The molecule has 0 radical (unpaired) electrons. The van der Waals surface area contributed by atoms with Gasteiger partial charge in [0, 0.05) is 23.6 Å². The Hall–Kier alpha value is -0.580. The van der Waals surface area contributed by atoms with Crippen molar-refractivity contribution in [2.24, 2.45) is 5.73 Å². The summed E-state index contributed by atoms with van der Waals surface area (Å²) in [5.74, 6) is 0. The van der Waals surface area contributed by atoms with Gasteiger partial charge in [-0.2, -0.15) is 0 Å². The molecular weight excluding hydrogens is 292 g/mol. The van der Waals surface area contributed by atoms with Gasteiger partial charge in [-0.15, -0.1) is 0 Å². The number of benzene rings is 1. The van der Waals surface area contributed by atoms with Crippen molar-refractivity contribution in [2.75, 3.05) is 18.0 Å². The van der Waals surface area contributed by atoms with E-state index < -0.39 is 5.60 Å². The summed E-state index contributed by atoms with van der Waals surface area (Å²) in [6, 6.07) is 6.34. The van der Waals surface area contributed by atoms with Gasteiger partial charge in [-0.1, -0.05) is 6.07 Å². The Kier molecular flexibility index (Phi) is 3.99. The lowest BCUT2D eigenvalue weighted by Gasteiger charge is -2.37. The second kappa shape index (κ2) is 5.19. The SMILES string of the molecule is CC(N)c1ccc(N2CCC(C)(O)CC2)c(Br)c1. The number of halogens is 1. The number of rotatable bonds is 2. The Labute approximate surface area is 117 Å². The summed E-state index contributed by atoms with van der Waals surface area (Å²) >= 11 is 3.62. The van der Waals surface area contributed by atoms with E-state index in [9.17, 15) is 5.11 Å². The van der Waals surface area contributed by atoms with Crippen molar-refractivity contribution < 1.29 is 5.11 Å². The van der Waals surface area contributed by atoms with Gasteiger partial charge in [0.05, 0.1) is 11.3 Å². The number of aliphatic hydroxyl groups is 1. The Morgan fingerprint density at radius 2 is 2.00 bits per heavy atom. The number of nitrogens with two attached hydrogens (primary N) is 1. The number of nitrogens with zero attached hydrogens (tertiary/aromatic N) is 1. The number of anilines is 1. The summed E-state index contributed by atoms with van der Waals surface area (Å²) in [6.45, 7) is 5.68. The normalized spacial score (nSPS) is 20.8. The van der Waals surface area contributed by atoms with Crippen LogP contribution in [0.15, 0.2) is 22.7 Å². The second-order valence-electron chi connectivity index (χ2n) is 5.48. The van der Waals surface area contributed by atoms with Crippen molar-refractivity contribution in [3.8, 4) is 0 Å². The molecule has 1 aliphatic rings. The molecule has 1 saturated heterocycles. The van der Waals surface area contributed by atoms with Gasteiger partial charge in [-0.3, -0.25) is 0 Å². The highest BCUT2D eigenvalue weighted by Gasteiger charge is 2.28. The molecule has 3 nitrogen and oxygen atoms in total. The van der Waals surface area contributed by atoms with Gasteiger partial charge in [0.25, 0.3) is 0 Å². The average molecular weight is 313 g/mol. The summed E-state index contributed by atoms with van der Waals surface area (Å²) in [6.07, 6.45) is 1.63. The Morgan fingerprint density at radius 1 is 1.39 bits per heavy atom. The number of hydrogen-bond acceptors (Lipinski definition) is 3. The maximum Gasteiger partial charge on any atom is 0.0653 e. The molecule has 1 aromatic rings. The third kappa shape index (κ3) is 3.05.